The summed E-state index contributed by atoms with van der Waals surface area (Å²) in [4.78, 5) is 14.7. The average molecular weight is 282 g/mol. The lowest BCUT2D eigenvalue weighted by Gasteiger charge is -2.07. The number of carbonyl (C=O) groups is 1. The fraction of sp³-hybridized carbons (Fsp3) is 0.250. The number of hydrogen-bond acceptors (Lipinski definition) is 4. The Bertz CT molecular complexity index is 373. The smallest absolute Gasteiger partial charge is 0.388 e. The van der Waals surface area contributed by atoms with Crippen LogP contribution < -0.4 is 4.74 Å². The van der Waals surface area contributed by atoms with Crippen molar-refractivity contribution < 1.29 is 23.0 Å². The van der Waals surface area contributed by atoms with Crippen LogP contribution in [-0.4, -0.2) is 24.7 Å². The molecule has 0 aromatic carbocycles. The number of rotatable bonds is 3. The standard InChI is InChI=1S/C8H6BrF2NO3/c1-14-7(13)5-2-4(9)3-12-6(5)15-8(10)11/h2-3,8H,1H3. The minimum atomic E-state index is -3.04. The number of esters is 1. The molecular formula is C8H6BrF2NO3. The zero-order valence-corrected chi connectivity index (χ0v) is 9.12. The van der Waals surface area contributed by atoms with Crippen LogP contribution in [0.3, 0.4) is 0 Å². The molecule has 0 aliphatic heterocycles. The fourth-order valence-electron chi connectivity index (χ4n) is 0.861. The number of ether oxygens (including phenoxy) is 2. The van der Waals surface area contributed by atoms with Crippen LogP contribution >= 0.6 is 15.9 Å². The Morgan fingerprint density at radius 2 is 2.27 bits per heavy atom. The molecule has 0 aliphatic rings. The van der Waals surface area contributed by atoms with E-state index in [0.29, 0.717) is 4.47 Å². The van der Waals surface area contributed by atoms with Gasteiger partial charge in [-0.2, -0.15) is 8.78 Å². The minimum Gasteiger partial charge on any atom is -0.465 e. The Kier molecular flexibility index (Phi) is 3.96. The number of carbonyl (C=O) groups excluding carboxylic acids is 1. The molecule has 0 radical (unpaired) electrons. The third kappa shape index (κ3) is 3.12. The first-order valence-electron chi connectivity index (χ1n) is 3.73. The van der Waals surface area contributed by atoms with Crippen LogP contribution in [0.2, 0.25) is 0 Å². The molecule has 0 fully saturated rings. The van der Waals surface area contributed by atoms with Crippen LogP contribution in [0.25, 0.3) is 0 Å². The molecule has 0 amide bonds. The summed E-state index contributed by atoms with van der Waals surface area (Å²) in [5.41, 5.74) is -0.160. The van der Waals surface area contributed by atoms with Crippen LogP contribution in [0.5, 0.6) is 5.88 Å². The molecule has 0 N–H and O–H groups in total. The van der Waals surface area contributed by atoms with Crippen molar-refractivity contribution in [2.45, 2.75) is 6.61 Å². The molecule has 82 valence electrons. The summed E-state index contributed by atoms with van der Waals surface area (Å²) in [7, 11) is 1.13. The van der Waals surface area contributed by atoms with Gasteiger partial charge < -0.3 is 9.47 Å². The topological polar surface area (TPSA) is 48.4 Å². The van der Waals surface area contributed by atoms with Crippen molar-refractivity contribution in [3.05, 3.63) is 22.3 Å². The van der Waals surface area contributed by atoms with Crippen LogP contribution in [-0.2, 0) is 4.74 Å². The molecule has 0 saturated carbocycles. The van der Waals surface area contributed by atoms with Gasteiger partial charge in [-0.05, 0) is 22.0 Å². The molecule has 0 unspecified atom stereocenters. The maximum absolute atomic E-state index is 11.9. The van der Waals surface area contributed by atoms with E-state index >= 15 is 0 Å². The molecular weight excluding hydrogens is 276 g/mol. The quantitative estimate of drug-likeness (QED) is 0.798. The Morgan fingerprint density at radius 3 is 2.80 bits per heavy atom. The van der Waals surface area contributed by atoms with Gasteiger partial charge in [0.15, 0.2) is 0 Å². The van der Waals surface area contributed by atoms with Gasteiger partial charge in [0.2, 0.25) is 5.88 Å². The molecule has 1 aromatic rings. The van der Waals surface area contributed by atoms with E-state index in [-0.39, 0.29) is 5.56 Å². The van der Waals surface area contributed by atoms with Gasteiger partial charge in [-0.3, -0.25) is 0 Å². The predicted octanol–water partition coefficient (Wildman–Crippen LogP) is 2.23. The van der Waals surface area contributed by atoms with Crippen LogP contribution in [0.1, 0.15) is 10.4 Å². The Balaban J connectivity index is 3.08. The van der Waals surface area contributed by atoms with E-state index in [1.54, 1.807) is 0 Å². The van der Waals surface area contributed by atoms with Crippen molar-refractivity contribution in [3.8, 4) is 5.88 Å². The molecule has 1 aromatic heterocycles. The Labute approximate surface area is 92.3 Å². The van der Waals surface area contributed by atoms with Crippen molar-refractivity contribution in [2.75, 3.05) is 7.11 Å². The van der Waals surface area contributed by atoms with Crippen molar-refractivity contribution >= 4 is 21.9 Å². The maximum Gasteiger partial charge on any atom is 0.388 e. The second-order valence-electron chi connectivity index (χ2n) is 2.38. The van der Waals surface area contributed by atoms with Crippen LogP contribution in [0.4, 0.5) is 8.78 Å². The zero-order valence-electron chi connectivity index (χ0n) is 7.54. The van der Waals surface area contributed by atoms with E-state index in [1.807, 2.05) is 0 Å². The van der Waals surface area contributed by atoms with Gasteiger partial charge in [0.1, 0.15) is 5.56 Å². The first-order chi connectivity index (χ1) is 7.04. The van der Waals surface area contributed by atoms with E-state index in [9.17, 15) is 13.6 Å². The van der Waals surface area contributed by atoms with E-state index in [2.05, 4.69) is 30.4 Å². The molecule has 1 heterocycles. The lowest BCUT2D eigenvalue weighted by Crippen LogP contribution is -2.10. The van der Waals surface area contributed by atoms with Crippen molar-refractivity contribution in [3.63, 3.8) is 0 Å². The molecule has 4 nitrogen and oxygen atoms in total. The minimum absolute atomic E-state index is 0.160. The molecule has 1 rings (SSSR count). The maximum atomic E-state index is 11.9. The number of aromatic nitrogens is 1. The Hall–Kier alpha value is -1.24. The number of nitrogens with zero attached hydrogens (tertiary/aromatic N) is 1. The van der Waals surface area contributed by atoms with E-state index in [1.165, 1.54) is 12.3 Å². The number of methoxy groups -OCH3 is 1. The summed E-state index contributed by atoms with van der Waals surface area (Å²) in [5.74, 6) is -1.25. The number of pyridine rings is 1. The third-order valence-corrected chi connectivity index (χ3v) is 1.86. The SMILES string of the molecule is COC(=O)c1cc(Br)cnc1OC(F)F. The van der Waals surface area contributed by atoms with Crippen molar-refractivity contribution in [2.24, 2.45) is 0 Å². The highest BCUT2D eigenvalue weighted by Gasteiger charge is 2.18. The van der Waals surface area contributed by atoms with Crippen LogP contribution in [0.15, 0.2) is 16.7 Å². The number of halogens is 3. The van der Waals surface area contributed by atoms with E-state index in [4.69, 9.17) is 0 Å². The van der Waals surface area contributed by atoms with Gasteiger partial charge in [-0.1, -0.05) is 0 Å². The molecule has 0 bridgehead atoms. The highest BCUT2D eigenvalue weighted by Crippen LogP contribution is 2.22. The third-order valence-electron chi connectivity index (χ3n) is 1.42. The normalized spacial score (nSPS) is 10.2. The number of alkyl halides is 2. The molecule has 0 saturated heterocycles. The molecule has 0 spiro atoms. The van der Waals surface area contributed by atoms with E-state index < -0.39 is 18.5 Å². The summed E-state index contributed by atoms with van der Waals surface area (Å²) in [6, 6.07) is 1.29. The van der Waals surface area contributed by atoms with Gasteiger partial charge in [0, 0.05) is 10.7 Å². The zero-order chi connectivity index (χ0) is 11.4. The summed E-state index contributed by atoms with van der Waals surface area (Å²) in [6.07, 6.45) is 1.24. The molecule has 15 heavy (non-hydrogen) atoms. The molecule has 0 aliphatic carbocycles. The van der Waals surface area contributed by atoms with Crippen molar-refractivity contribution in [1.82, 2.24) is 4.98 Å². The summed E-state index contributed by atoms with van der Waals surface area (Å²) in [6.45, 7) is -3.04. The fourth-order valence-corrected chi connectivity index (χ4v) is 1.19. The lowest BCUT2D eigenvalue weighted by atomic mass is 10.3. The van der Waals surface area contributed by atoms with Gasteiger partial charge in [0.25, 0.3) is 0 Å². The average Bonchev–Trinajstić information content (AvgIpc) is 2.19. The second-order valence-corrected chi connectivity index (χ2v) is 3.29. The first kappa shape index (κ1) is 11.8. The largest absolute Gasteiger partial charge is 0.465 e. The van der Waals surface area contributed by atoms with Gasteiger partial charge in [0.05, 0.1) is 7.11 Å². The van der Waals surface area contributed by atoms with Gasteiger partial charge in [-0.25, -0.2) is 9.78 Å². The molecule has 0 atom stereocenters. The summed E-state index contributed by atoms with van der Waals surface area (Å²) in [5, 5.41) is 0. The summed E-state index contributed by atoms with van der Waals surface area (Å²) < 4.78 is 32.8. The van der Waals surface area contributed by atoms with E-state index in [0.717, 1.165) is 7.11 Å². The second kappa shape index (κ2) is 5.01. The first-order valence-corrected chi connectivity index (χ1v) is 4.52. The van der Waals surface area contributed by atoms with Crippen LogP contribution in [0, 0.1) is 0 Å². The predicted molar refractivity (Wildman–Crippen MR) is 49.9 cm³/mol. The Morgan fingerprint density at radius 1 is 1.60 bits per heavy atom. The summed E-state index contributed by atoms with van der Waals surface area (Å²) >= 11 is 3.05. The van der Waals surface area contributed by atoms with Crippen molar-refractivity contribution in [1.29, 1.82) is 0 Å². The van der Waals surface area contributed by atoms with Gasteiger partial charge in [-0.15, -0.1) is 0 Å². The number of hydrogen-bond donors (Lipinski definition) is 0. The lowest BCUT2D eigenvalue weighted by molar-refractivity contribution is -0.0534. The monoisotopic (exact) mass is 281 g/mol. The highest BCUT2D eigenvalue weighted by molar-refractivity contribution is 9.10. The highest BCUT2D eigenvalue weighted by atomic mass is 79.9. The molecule has 7 heteroatoms. The van der Waals surface area contributed by atoms with Gasteiger partial charge >= 0.3 is 12.6 Å².